The number of rotatable bonds is 5. The van der Waals surface area contributed by atoms with E-state index in [1.165, 1.54) is 6.20 Å². The second-order valence-corrected chi connectivity index (χ2v) is 8.08. The molecule has 4 aromatic rings. The molecule has 0 unspecified atom stereocenters. The van der Waals surface area contributed by atoms with Crippen LogP contribution in [0.1, 0.15) is 12.8 Å². The molecule has 174 valence electrons. The molecule has 0 saturated carbocycles. The van der Waals surface area contributed by atoms with E-state index in [0.29, 0.717) is 46.9 Å². The van der Waals surface area contributed by atoms with Gasteiger partial charge in [-0.1, -0.05) is 0 Å². The SMILES string of the molecule is COC1CCN(c2cc(-c3ccnn3C)nc3c(-c4ccn[nH]4)nn(CC(F)(F)F)c23)CC1. The Balaban J connectivity index is 1.75. The van der Waals surface area contributed by atoms with E-state index in [-0.39, 0.29) is 6.10 Å². The second kappa shape index (κ2) is 8.18. The molecule has 0 amide bonds. The average Bonchev–Trinajstić information content (AvgIpc) is 3.53. The van der Waals surface area contributed by atoms with Crippen molar-refractivity contribution in [2.45, 2.75) is 31.7 Å². The smallest absolute Gasteiger partial charge is 0.381 e. The molecule has 33 heavy (non-hydrogen) atoms. The Morgan fingerprint density at radius 1 is 1.18 bits per heavy atom. The van der Waals surface area contributed by atoms with Gasteiger partial charge in [0.25, 0.3) is 0 Å². The Hall–Kier alpha value is -3.41. The number of fused-ring (bicyclic) bond motifs is 1. The fraction of sp³-hybridized carbons (Fsp3) is 0.429. The minimum atomic E-state index is -4.44. The van der Waals surface area contributed by atoms with E-state index in [4.69, 9.17) is 9.72 Å². The highest BCUT2D eigenvalue weighted by atomic mass is 19.4. The van der Waals surface area contributed by atoms with Crippen molar-refractivity contribution in [2.24, 2.45) is 7.05 Å². The van der Waals surface area contributed by atoms with Gasteiger partial charge in [0.2, 0.25) is 0 Å². The number of piperidine rings is 1. The lowest BCUT2D eigenvalue weighted by molar-refractivity contribution is -0.141. The zero-order valence-electron chi connectivity index (χ0n) is 18.2. The number of aromatic amines is 1. The average molecular weight is 460 g/mol. The number of aryl methyl sites for hydroxylation is 1. The fourth-order valence-electron chi connectivity index (χ4n) is 4.35. The first-order valence-electron chi connectivity index (χ1n) is 10.6. The van der Waals surface area contributed by atoms with Gasteiger partial charge in [-0.25, -0.2) is 4.98 Å². The molecule has 1 N–H and O–H groups in total. The van der Waals surface area contributed by atoms with Crippen LogP contribution in [0.25, 0.3) is 33.8 Å². The van der Waals surface area contributed by atoms with Crippen molar-refractivity contribution < 1.29 is 17.9 Å². The molecule has 5 rings (SSSR count). The van der Waals surface area contributed by atoms with Crippen LogP contribution in [0.5, 0.6) is 0 Å². The normalized spacial score (nSPS) is 15.6. The molecule has 0 bridgehead atoms. The van der Waals surface area contributed by atoms with Gasteiger partial charge >= 0.3 is 6.18 Å². The molecule has 9 nitrogen and oxygen atoms in total. The largest absolute Gasteiger partial charge is 0.408 e. The van der Waals surface area contributed by atoms with Gasteiger partial charge in [-0.3, -0.25) is 14.5 Å². The predicted molar refractivity (Wildman–Crippen MR) is 116 cm³/mol. The fourth-order valence-corrected chi connectivity index (χ4v) is 4.35. The van der Waals surface area contributed by atoms with Crippen molar-refractivity contribution in [1.29, 1.82) is 0 Å². The maximum atomic E-state index is 13.5. The molecule has 0 radical (unpaired) electrons. The molecule has 5 heterocycles. The van der Waals surface area contributed by atoms with E-state index < -0.39 is 12.7 Å². The van der Waals surface area contributed by atoms with E-state index in [9.17, 15) is 13.2 Å². The number of nitrogens with one attached hydrogen (secondary N) is 1. The molecular formula is C21H23F3N8O. The van der Waals surface area contributed by atoms with Gasteiger partial charge in [-0.05, 0) is 31.0 Å². The Kier molecular flexibility index (Phi) is 5.31. The molecular weight excluding hydrogens is 437 g/mol. The van der Waals surface area contributed by atoms with E-state index in [0.717, 1.165) is 23.2 Å². The van der Waals surface area contributed by atoms with Crippen LogP contribution in [-0.2, 0) is 18.3 Å². The van der Waals surface area contributed by atoms with Gasteiger partial charge in [0.05, 0.1) is 28.9 Å². The van der Waals surface area contributed by atoms with E-state index >= 15 is 0 Å². The first kappa shape index (κ1) is 21.4. The number of hydrogen-bond donors (Lipinski definition) is 1. The van der Waals surface area contributed by atoms with Gasteiger partial charge in [-0.15, -0.1) is 0 Å². The molecule has 0 atom stereocenters. The van der Waals surface area contributed by atoms with Crippen molar-refractivity contribution in [2.75, 3.05) is 25.1 Å². The Labute approximate surface area is 187 Å². The van der Waals surface area contributed by atoms with Crippen molar-refractivity contribution in [3.8, 4) is 22.8 Å². The highest BCUT2D eigenvalue weighted by Crippen LogP contribution is 2.37. The summed E-state index contributed by atoms with van der Waals surface area (Å²) in [7, 11) is 3.48. The third-order valence-corrected chi connectivity index (χ3v) is 5.96. The van der Waals surface area contributed by atoms with E-state index in [1.807, 2.05) is 12.1 Å². The quantitative estimate of drug-likeness (QED) is 0.491. The number of nitrogens with zero attached hydrogens (tertiary/aromatic N) is 7. The monoisotopic (exact) mass is 460 g/mol. The van der Waals surface area contributed by atoms with Crippen molar-refractivity contribution in [3.05, 3.63) is 30.6 Å². The van der Waals surface area contributed by atoms with Gasteiger partial charge in [-0.2, -0.15) is 28.5 Å². The lowest BCUT2D eigenvalue weighted by Gasteiger charge is -2.33. The minimum absolute atomic E-state index is 0.135. The minimum Gasteiger partial charge on any atom is -0.381 e. The Morgan fingerprint density at radius 2 is 1.97 bits per heavy atom. The number of H-pyrrole nitrogens is 1. The summed E-state index contributed by atoms with van der Waals surface area (Å²) in [5.74, 6) is 0. The Bertz CT molecular complexity index is 1250. The summed E-state index contributed by atoms with van der Waals surface area (Å²) in [6.45, 7) is 0.0873. The molecule has 0 aromatic carbocycles. The van der Waals surface area contributed by atoms with Crippen LogP contribution in [0.15, 0.2) is 30.6 Å². The van der Waals surface area contributed by atoms with Gasteiger partial charge in [0.1, 0.15) is 23.3 Å². The molecule has 1 aliphatic rings. The van der Waals surface area contributed by atoms with Crippen LogP contribution in [0.3, 0.4) is 0 Å². The standard InChI is InChI=1S/C21H23F3N8O/c1-30-16(4-8-26-30)15-11-17(31-9-5-13(33-2)6-10-31)20-19(27-15)18(14-3-7-25-28-14)29-32(20)12-21(22,23)24/h3-4,7-8,11,13H,5-6,9-10,12H2,1-2H3,(H,25,28). The van der Waals surface area contributed by atoms with Crippen LogP contribution >= 0.6 is 0 Å². The molecule has 1 saturated heterocycles. The van der Waals surface area contributed by atoms with Crippen LogP contribution in [0, 0.1) is 0 Å². The van der Waals surface area contributed by atoms with Gasteiger partial charge in [0, 0.05) is 39.6 Å². The Morgan fingerprint density at radius 3 is 2.58 bits per heavy atom. The second-order valence-electron chi connectivity index (χ2n) is 8.08. The lowest BCUT2D eigenvalue weighted by atomic mass is 10.1. The highest BCUT2D eigenvalue weighted by molar-refractivity contribution is 5.98. The summed E-state index contributed by atoms with van der Waals surface area (Å²) in [5, 5.41) is 15.3. The number of ether oxygens (including phenoxy) is 1. The predicted octanol–water partition coefficient (Wildman–Crippen LogP) is 3.40. The summed E-state index contributed by atoms with van der Waals surface area (Å²) < 4.78 is 48.7. The molecule has 12 heteroatoms. The molecule has 4 aromatic heterocycles. The van der Waals surface area contributed by atoms with Gasteiger partial charge in [0.15, 0.2) is 0 Å². The lowest BCUT2D eigenvalue weighted by Crippen LogP contribution is -2.37. The summed E-state index contributed by atoms with van der Waals surface area (Å²) in [4.78, 5) is 6.85. The molecule has 1 aliphatic heterocycles. The third-order valence-electron chi connectivity index (χ3n) is 5.96. The third kappa shape index (κ3) is 4.06. The number of methoxy groups -OCH3 is 1. The number of pyridine rings is 1. The van der Waals surface area contributed by atoms with Crippen molar-refractivity contribution in [1.82, 2.24) is 34.7 Å². The number of aromatic nitrogens is 7. The number of anilines is 1. The van der Waals surface area contributed by atoms with Gasteiger partial charge < -0.3 is 9.64 Å². The number of halogens is 3. The van der Waals surface area contributed by atoms with Crippen LogP contribution in [0.2, 0.25) is 0 Å². The summed E-state index contributed by atoms with van der Waals surface area (Å²) in [6.07, 6.45) is 0.449. The van der Waals surface area contributed by atoms with Crippen LogP contribution in [-0.4, -0.2) is 67.2 Å². The number of hydrogen-bond acceptors (Lipinski definition) is 6. The topological polar surface area (TPSA) is 89.7 Å². The highest BCUT2D eigenvalue weighted by Gasteiger charge is 2.33. The maximum Gasteiger partial charge on any atom is 0.408 e. The first-order valence-corrected chi connectivity index (χ1v) is 10.6. The van der Waals surface area contributed by atoms with E-state index in [2.05, 4.69) is 25.3 Å². The molecule has 1 fully saturated rings. The van der Waals surface area contributed by atoms with Crippen molar-refractivity contribution in [3.63, 3.8) is 0 Å². The summed E-state index contributed by atoms with van der Waals surface area (Å²) >= 11 is 0. The first-order chi connectivity index (χ1) is 15.8. The molecule has 0 spiro atoms. The van der Waals surface area contributed by atoms with Crippen LogP contribution < -0.4 is 4.90 Å². The van der Waals surface area contributed by atoms with Crippen LogP contribution in [0.4, 0.5) is 18.9 Å². The zero-order chi connectivity index (χ0) is 23.2. The zero-order valence-corrected chi connectivity index (χ0v) is 18.2. The molecule has 0 aliphatic carbocycles. The van der Waals surface area contributed by atoms with Crippen molar-refractivity contribution >= 4 is 16.7 Å². The summed E-state index contributed by atoms with van der Waals surface area (Å²) in [5.41, 5.74) is 3.57. The van der Waals surface area contributed by atoms with E-state index in [1.54, 1.807) is 31.1 Å². The number of alkyl halides is 3. The summed E-state index contributed by atoms with van der Waals surface area (Å²) in [6, 6.07) is 5.32. The maximum absolute atomic E-state index is 13.5.